The minimum absolute atomic E-state index is 0. The average Bonchev–Trinajstić information content (AvgIpc) is 3.43. The first kappa shape index (κ1) is 43.2. The molecular formula is C37H49Cl2N4O5Y-. The molecule has 1 aromatic heterocycles. The molecule has 3 aromatic carbocycles. The van der Waals surface area contributed by atoms with Crippen molar-refractivity contribution in [3.63, 3.8) is 0 Å². The van der Waals surface area contributed by atoms with Gasteiger partial charge in [-0.15, -0.1) is 18.2 Å². The van der Waals surface area contributed by atoms with Crippen molar-refractivity contribution in [3.8, 4) is 5.75 Å². The van der Waals surface area contributed by atoms with E-state index in [9.17, 15) is 9.90 Å². The number of aldehydes is 1. The first-order valence-corrected chi connectivity index (χ1v) is 16.9. The quantitative estimate of drug-likeness (QED) is 0.129. The summed E-state index contributed by atoms with van der Waals surface area (Å²) >= 11 is 12.1. The Morgan fingerprint density at radius 1 is 1.02 bits per heavy atom. The molecule has 0 saturated heterocycles. The van der Waals surface area contributed by atoms with Gasteiger partial charge in [0.05, 0.1) is 38.9 Å². The minimum atomic E-state index is -0.735. The third kappa shape index (κ3) is 13.6. The van der Waals surface area contributed by atoms with Crippen LogP contribution in [0, 0.1) is 6.92 Å². The van der Waals surface area contributed by atoms with E-state index >= 15 is 0 Å². The van der Waals surface area contributed by atoms with Crippen molar-refractivity contribution in [3.05, 3.63) is 91.2 Å². The van der Waals surface area contributed by atoms with Gasteiger partial charge in [0.15, 0.2) is 6.29 Å². The summed E-state index contributed by atoms with van der Waals surface area (Å²) in [6.45, 7) is 16.0. The second-order valence-electron chi connectivity index (χ2n) is 13.7. The molecule has 4 aromatic rings. The van der Waals surface area contributed by atoms with Crippen molar-refractivity contribution >= 4 is 40.5 Å². The maximum absolute atomic E-state index is 11.2. The molecule has 1 unspecified atom stereocenters. The van der Waals surface area contributed by atoms with Crippen LogP contribution in [0.25, 0.3) is 16.4 Å². The number of fused-ring (bicyclic) bond motifs is 2. The van der Waals surface area contributed by atoms with Crippen LogP contribution in [0.3, 0.4) is 0 Å². The second-order valence-corrected chi connectivity index (χ2v) is 14.5. The summed E-state index contributed by atoms with van der Waals surface area (Å²) in [6, 6.07) is 13.3. The van der Waals surface area contributed by atoms with Gasteiger partial charge in [0.25, 0.3) is 0 Å². The first-order chi connectivity index (χ1) is 22.5. The van der Waals surface area contributed by atoms with Crippen LogP contribution >= 0.6 is 23.2 Å². The number of benzene rings is 3. The van der Waals surface area contributed by atoms with Crippen molar-refractivity contribution in [2.45, 2.75) is 98.1 Å². The number of aryl methyl sites for hydroxylation is 2. The molecule has 0 bridgehead atoms. The molecule has 1 aliphatic rings. The zero-order valence-electron chi connectivity index (χ0n) is 29.9. The van der Waals surface area contributed by atoms with Crippen LogP contribution in [0.5, 0.6) is 5.75 Å². The average molecular weight is 790 g/mol. The second kappa shape index (κ2) is 19.6. The SMILES string of the molecule is CC(C)(C)O.COC(C)(C)C.Cc1c(C(O)c2ccc3c(c2)C[N-]CC3)ccc2c1nnn2CCCCOc1cc(Cl)c(C=O)c(Cl)c1.[Y]. The van der Waals surface area contributed by atoms with Crippen molar-refractivity contribution in [2.75, 3.05) is 20.3 Å². The van der Waals surface area contributed by atoms with Crippen LogP contribution in [0.4, 0.5) is 0 Å². The smallest absolute Gasteiger partial charge is 0.153 e. The van der Waals surface area contributed by atoms with E-state index < -0.39 is 11.7 Å². The Morgan fingerprint density at radius 2 is 1.65 bits per heavy atom. The Balaban J connectivity index is 0.000000604. The number of ether oxygens (including phenoxy) is 2. The third-order valence-corrected chi connectivity index (χ3v) is 8.09. The van der Waals surface area contributed by atoms with Crippen LogP contribution in [-0.2, 0) is 57.0 Å². The summed E-state index contributed by atoms with van der Waals surface area (Å²) < 4.78 is 12.6. The van der Waals surface area contributed by atoms with Gasteiger partial charge in [-0.1, -0.05) is 58.2 Å². The fraction of sp³-hybridized carbons (Fsp3) is 0.486. The summed E-state index contributed by atoms with van der Waals surface area (Å²) in [5.41, 5.74) is 6.66. The minimum Gasteiger partial charge on any atom is -0.658 e. The van der Waals surface area contributed by atoms with Gasteiger partial charge in [0, 0.05) is 46.4 Å². The molecule has 0 spiro atoms. The summed E-state index contributed by atoms with van der Waals surface area (Å²) in [5.74, 6) is 0.529. The van der Waals surface area contributed by atoms with Crippen LogP contribution in [0.15, 0.2) is 42.5 Å². The predicted molar refractivity (Wildman–Crippen MR) is 194 cm³/mol. The van der Waals surface area contributed by atoms with E-state index in [1.807, 2.05) is 50.6 Å². The zero-order chi connectivity index (χ0) is 35.6. The molecule has 2 heterocycles. The van der Waals surface area contributed by atoms with E-state index in [4.69, 9.17) is 37.8 Å². The van der Waals surface area contributed by atoms with E-state index in [1.165, 1.54) is 11.1 Å². The number of hydrogen-bond donors (Lipinski definition) is 2. The number of unbranched alkanes of at least 4 members (excludes halogenated alkanes) is 1. The van der Waals surface area contributed by atoms with Crippen LogP contribution < -0.4 is 4.74 Å². The molecule has 0 amide bonds. The number of methoxy groups -OCH3 is 1. The molecule has 0 fully saturated rings. The van der Waals surface area contributed by atoms with Gasteiger partial charge in [-0.2, -0.15) is 0 Å². The van der Waals surface area contributed by atoms with E-state index in [0.717, 1.165) is 53.5 Å². The summed E-state index contributed by atoms with van der Waals surface area (Å²) in [7, 11) is 1.71. The number of rotatable bonds is 9. The van der Waals surface area contributed by atoms with Crippen molar-refractivity contribution in [1.82, 2.24) is 15.0 Å². The molecule has 49 heavy (non-hydrogen) atoms. The molecule has 265 valence electrons. The number of carbonyl (C=O) groups excluding carboxylic acids is 1. The maximum Gasteiger partial charge on any atom is 0.153 e. The van der Waals surface area contributed by atoms with Crippen LogP contribution in [0.2, 0.25) is 10.0 Å². The van der Waals surface area contributed by atoms with Gasteiger partial charge >= 0.3 is 0 Å². The molecule has 2 N–H and O–H groups in total. The van der Waals surface area contributed by atoms with Gasteiger partial charge in [-0.05, 0) is 108 Å². The molecule has 5 rings (SSSR count). The monoisotopic (exact) mass is 788 g/mol. The molecule has 1 radical (unpaired) electrons. The van der Waals surface area contributed by atoms with Crippen molar-refractivity contribution < 1.29 is 57.2 Å². The Bertz CT molecular complexity index is 1640. The number of aliphatic hydroxyl groups excluding tert-OH is 1. The molecule has 12 heteroatoms. The van der Waals surface area contributed by atoms with Crippen molar-refractivity contribution in [1.29, 1.82) is 0 Å². The molecule has 0 aliphatic carbocycles. The first-order valence-electron chi connectivity index (χ1n) is 16.1. The summed E-state index contributed by atoms with van der Waals surface area (Å²) in [4.78, 5) is 11.0. The van der Waals surface area contributed by atoms with E-state index in [2.05, 4.69) is 27.8 Å². The van der Waals surface area contributed by atoms with Gasteiger partial charge in [0.2, 0.25) is 0 Å². The van der Waals surface area contributed by atoms with Gasteiger partial charge in [-0.25, -0.2) is 4.68 Å². The van der Waals surface area contributed by atoms with E-state index in [0.29, 0.717) is 31.7 Å². The Hall–Kier alpha value is -1.95. The fourth-order valence-corrected chi connectivity index (χ4v) is 5.30. The molecule has 9 nitrogen and oxygen atoms in total. The standard InChI is InChI=1S/C28H27Cl2N4O3.C5H12O.C4H10O.Y/c1-17-22(28(36)19-5-4-18-8-9-31-15-20(18)12-19)6-7-26-27(17)32-33-34(26)10-2-3-11-37-21-13-24(29)23(16-35)25(30)14-21;1-5(2,3)6-4;1-4(2,3)5;/h4-7,12-14,16,28,36H,2-3,8-11,15H2,1H3;1-4H3;5H,1-3H3;/q-1;;;. The zero-order valence-corrected chi connectivity index (χ0v) is 34.2. The number of carbonyl (C=O) groups is 1. The normalized spacial score (nSPS) is 13.2. The molecule has 1 atom stereocenters. The molecule has 0 saturated carbocycles. The van der Waals surface area contributed by atoms with E-state index in [1.54, 1.807) is 40.0 Å². The molecule has 1 aliphatic heterocycles. The largest absolute Gasteiger partial charge is 0.658 e. The van der Waals surface area contributed by atoms with Crippen LogP contribution in [0.1, 0.15) is 98.7 Å². The Morgan fingerprint density at radius 3 is 2.24 bits per heavy atom. The molecular weight excluding hydrogens is 740 g/mol. The van der Waals surface area contributed by atoms with Crippen LogP contribution in [-0.4, -0.2) is 63.0 Å². The number of aromatic nitrogens is 3. The van der Waals surface area contributed by atoms with Gasteiger partial charge < -0.3 is 25.0 Å². The topological polar surface area (TPSA) is 121 Å². The number of nitrogens with zero attached hydrogens (tertiary/aromatic N) is 4. The van der Waals surface area contributed by atoms with E-state index in [-0.39, 0.29) is 53.9 Å². The number of hydrogen-bond acceptors (Lipinski definition) is 7. The van der Waals surface area contributed by atoms with Crippen molar-refractivity contribution in [2.24, 2.45) is 0 Å². The fourth-order valence-electron chi connectivity index (χ4n) is 4.74. The number of halogens is 2. The van der Waals surface area contributed by atoms with Gasteiger partial charge in [0.1, 0.15) is 17.4 Å². The summed E-state index contributed by atoms with van der Waals surface area (Å²) in [5, 5.41) is 33.5. The Labute approximate surface area is 325 Å². The number of aliphatic hydroxyl groups is 2. The Kier molecular flexibility index (Phi) is 17.3. The third-order valence-electron chi connectivity index (χ3n) is 7.46. The van der Waals surface area contributed by atoms with Gasteiger partial charge in [-0.3, -0.25) is 4.79 Å². The summed E-state index contributed by atoms with van der Waals surface area (Å²) in [6.07, 6.45) is 2.47. The maximum atomic E-state index is 11.2. The predicted octanol–water partition coefficient (Wildman–Crippen LogP) is 8.44.